The van der Waals surface area contributed by atoms with Gasteiger partial charge < -0.3 is 15.8 Å². The molecule has 0 aliphatic carbocycles. The Kier molecular flexibility index (Phi) is 3.45. The molecule has 1 fully saturated rings. The van der Waals surface area contributed by atoms with E-state index in [0.29, 0.717) is 0 Å². The van der Waals surface area contributed by atoms with Gasteiger partial charge in [-0.15, -0.1) is 0 Å². The van der Waals surface area contributed by atoms with Crippen LogP contribution in [0.3, 0.4) is 0 Å². The Morgan fingerprint density at radius 2 is 2.40 bits per heavy atom. The minimum Gasteiger partial charge on any atom is -0.466 e. The van der Waals surface area contributed by atoms with Crippen molar-refractivity contribution in [2.45, 2.75) is 0 Å². The van der Waals surface area contributed by atoms with Gasteiger partial charge in [0.15, 0.2) is 5.17 Å². The highest BCUT2D eigenvalue weighted by molar-refractivity contribution is 8.18. The maximum absolute atomic E-state index is 11.2. The molecule has 0 aromatic carbocycles. The number of aliphatic imine (C=N–C) groups is 1. The van der Waals surface area contributed by atoms with E-state index in [4.69, 9.17) is 11.1 Å². The van der Waals surface area contributed by atoms with Crippen LogP contribution in [0, 0.1) is 5.41 Å². The number of esters is 1. The summed E-state index contributed by atoms with van der Waals surface area (Å²) in [5, 5.41) is 9.39. The summed E-state index contributed by atoms with van der Waals surface area (Å²) in [7, 11) is 1.21. The van der Waals surface area contributed by atoms with E-state index in [-0.39, 0.29) is 10.1 Å². The van der Waals surface area contributed by atoms with Gasteiger partial charge in [0.25, 0.3) is 5.91 Å². The summed E-state index contributed by atoms with van der Waals surface area (Å²) in [6.45, 7) is 0. The maximum Gasteiger partial charge on any atom is 0.331 e. The molecule has 0 atom stereocenters. The second-order valence-corrected chi connectivity index (χ2v) is 3.42. The number of carbonyl (C=O) groups is 2. The second kappa shape index (κ2) is 4.60. The highest BCUT2D eigenvalue weighted by Crippen LogP contribution is 2.23. The molecule has 8 heteroatoms. The molecule has 1 rings (SSSR count). The molecule has 1 saturated heterocycles. The van der Waals surface area contributed by atoms with Crippen LogP contribution in [0.4, 0.5) is 0 Å². The molecule has 0 unspecified atom stereocenters. The topological polar surface area (TPSA) is 118 Å². The number of guanidine groups is 1. The van der Waals surface area contributed by atoms with Gasteiger partial charge in [0.1, 0.15) is 0 Å². The van der Waals surface area contributed by atoms with E-state index in [9.17, 15) is 9.59 Å². The lowest BCUT2D eigenvalue weighted by Crippen LogP contribution is -2.22. The number of nitrogens with one attached hydrogen (secondary N) is 2. The number of ether oxygens (including phenoxy) is 1. The SMILES string of the molecule is COC(=O)C=C1SC(=NC(=N)N)NC1=O. The van der Waals surface area contributed by atoms with E-state index >= 15 is 0 Å². The zero-order chi connectivity index (χ0) is 11.4. The first kappa shape index (κ1) is 11.2. The van der Waals surface area contributed by atoms with Crippen LogP contribution in [0.2, 0.25) is 0 Å². The smallest absolute Gasteiger partial charge is 0.331 e. The van der Waals surface area contributed by atoms with Gasteiger partial charge in [-0.05, 0) is 11.8 Å². The van der Waals surface area contributed by atoms with Gasteiger partial charge in [0.2, 0.25) is 5.96 Å². The van der Waals surface area contributed by atoms with Crippen molar-refractivity contribution in [3.8, 4) is 0 Å². The van der Waals surface area contributed by atoms with Crippen molar-refractivity contribution in [1.29, 1.82) is 5.41 Å². The fraction of sp³-hybridized carbons (Fsp3) is 0.143. The molecule has 0 radical (unpaired) electrons. The second-order valence-electron chi connectivity index (χ2n) is 2.39. The standard InChI is InChI=1S/C7H8N4O3S/c1-14-4(12)2-3-5(13)10-7(15-3)11-6(8)9/h2H,1H3,(H4,8,9,10,11,13). The predicted octanol–water partition coefficient (Wildman–Crippen LogP) is -0.844. The molecule has 0 bridgehead atoms. The first-order valence-corrected chi connectivity index (χ1v) is 4.56. The van der Waals surface area contributed by atoms with Crippen LogP contribution in [0.5, 0.6) is 0 Å². The zero-order valence-electron chi connectivity index (χ0n) is 7.73. The normalized spacial score (nSPS) is 20.5. The lowest BCUT2D eigenvalue weighted by Gasteiger charge is -1.91. The Balaban J connectivity index is 2.81. The summed E-state index contributed by atoms with van der Waals surface area (Å²) in [6, 6.07) is 0. The molecular formula is C7H8N4O3S. The highest BCUT2D eigenvalue weighted by atomic mass is 32.2. The largest absolute Gasteiger partial charge is 0.466 e. The Morgan fingerprint density at radius 1 is 1.73 bits per heavy atom. The Hall–Kier alpha value is -1.83. The van der Waals surface area contributed by atoms with Crippen LogP contribution in [0.25, 0.3) is 0 Å². The number of methoxy groups -OCH3 is 1. The molecule has 15 heavy (non-hydrogen) atoms. The molecule has 4 N–H and O–H groups in total. The summed E-state index contributed by atoms with van der Waals surface area (Å²) in [5.41, 5.74) is 5.01. The predicted molar refractivity (Wildman–Crippen MR) is 55.2 cm³/mol. The van der Waals surface area contributed by atoms with E-state index in [1.807, 2.05) is 0 Å². The molecular weight excluding hydrogens is 220 g/mol. The third-order valence-corrected chi connectivity index (χ3v) is 2.23. The van der Waals surface area contributed by atoms with E-state index in [1.165, 1.54) is 7.11 Å². The molecule has 0 aromatic heterocycles. The van der Waals surface area contributed by atoms with Crippen LogP contribution >= 0.6 is 11.8 Å². The third kappa shape index (κ3) is 3.09. The summed E-state index contributed by atoms with van der Waals surface area (Å²) in [5.74, 6) is -1.51. The number of carbonyl (C=O) groups excluding carboxylic acids is 2. The third-order valence-electron chi connectivity index (χ3n) is 1.32. The van der Waals surface area contributed by atoms with Crippen molar-refractivity contribution in [1.82, 2.24) is 5.32 Å². The monoisotopic (exact) mass is 228 g/mol. The van der Waals surface area contributed by atoms with Crippen LogP contribution in [-0.2, 0) is 14.3 Å². The van der Waals surface area contributed by atoms with Crippen LogP contribution in [0.1, 0.15) is 0 Å². The van der Waals surface area contributed by atoms with Crippen molar-refractivity contribution < 1.29 is 14.3 Å². The molecule has 7 nitrogen and oxygen atoms in total. The van der Waals surface area contributed by atoms with Gasteiger partial charge in [0.05, 0.1) is 12.0 Å². The number of hydrogen-bond donors (Lipinski definition) is 3. The molecule has 1 aliphatic rings. The first-order valence-electron chi connectivity index (χ1n) is 3.74. The van der Waals surface area contributed by atoms with Crippen molar-refractivity contribution in [3.63, 3.8) is 0 Å². The lowest BCUT2D eigenvalue weighted by molar-refractivity contribution is -0.135. The lowest BCUT2D eigenvalue weighted by atomic mass is 10.4. The van der Waals surface area contributed by atoms with Gasteiger partial charge in [-0.3, -0.25) is 10.2 Å². The van der Waals surface area contributed by atoms with Crippen molar-refractivity contribution in [2.24, 2.45) is 10.7 Å². The number of amidine groups is 1. The number of thioether (sulfide) groups is 1. The molecule has 0 aromatic rings. The number of hydrogen-bond acceptors (Lipinski definition) is 5. The fourth-order valence-corrected chi connectivity index (χ4v) is 1.55. The average Bonchev–Trinajstić information content (AvgIpc) is 2.45. The molecule has 80 valence electrons. The van der Waals surface area contributed by atoms with Crippen molar-refractivity contribution in [2.75, 3.05) is 7.11 Å². The van der Waals surface area contributed by atoms with Gasteiger partial charge in [-0.1, -0.05) is 0 Å². The number of nitrogens with zero attached hydrogens (tertiary/aromatic N) is 1. The van der Waals surface area contributed by atoms with E-state index in [1.54, 1.807) is 0 Å². The van der Waals surface area contributed by atoms with Gasteiger partial charge in [0, 0.05) is 6.08 Å². The van der Waals surface area contributed by atoms with Crippen molar-refractivity contribution >= 4 is 34.8 Å². The van der Waals surface area contributed by atoms with E-state index in [0.717, 1.165) is 17.8 Å². The summed E-state index contributed by atoms with van der Waals surface area (Å²) >= 11 is 0.920. The quantitative estimate of drug-likeness (QED) is 0.234. The minimum atomic E-state index is -0.628. The Morgan fingerprint density at radius 3 is 2.93 bits per heavy atom. The van der Waals surface area contributed by atoms with E-state index < -0.39 is 17.8 Å². The molecule has 1 heterocycles. The minimum absolute atomic E-state index is 0.154. The average molecular weight is 228 g/mol. The molecule has 1 amide bonds. The Bertz CT molecular complexity index is 388. The van der Waals surface area contributed by atoms with Gasteiger partial charge >= 0.3 is 5.97 Å². The zero-order valence-corrected chi connectivity index (χ0v) is 8.55. The summed E-state index contributed by atoms with van der Waals surface area (Å²) in [4.78, 5) is 25.7. The number of amides is 1. The Labute approximate surface area is 89.3 Å². The highest BCUT2D eigenvalue weighted by Gasteiger charge is 2.24. The summed E-state index contributed by atoms with van der Waals surface area (Å²) < 4.78 is 4.36. The molecule has 0 saturated carbocycles. The number of nitrogens with two attached hydrogens (primary N) is 1. The molecule has 0 spiro atoms. The van der Waals surface area contributed by atoms with E-state index in [2.05, 4.69) is 15.0 Å². The first-order chi connectivity index (χ1) is 7.02. The molecule has 1 aliphatic heterocycles. The van der Waals surface area contributed by atoms with Gasteiger partial charge in [-0.2, -0.15) is 4.99 Å². The summed E-state index contributed by atoms with van der Waals surface area (Å²) in [6.07, 6.45) is 1.04. The van der Waals surface area contributed by atoms with Crippen LogP contribution < -0.4 is 11.1 Å². The van der Waals surface area contributed by atoms with Crippen LogP contribution in [-0.4, -0.2) is 30.1 Å². The van der Waals surface area contributed by atoms with Crippen LogP contribution in [0.15, 0.2) is 16.0 Å². The fourth-order valence-electron chi connectivity index (χ4n) is 0.756. The maximum atomic E-state index is 11.2. The van der Waals surface area contributed by atoms with Gasteiger partial charge in [-0.25, -0.2) is 4.79 Å². The number of rotatable bonds is 1. The van der Waals surface area contributed by atoms with Crippen molar-refractivity contribution in [3.05, 3.63) is 11.0 Å².